The predicted molar refractivity (Wildman–Crippen MR) is 106 cm³/mol. The van der Waals surface area contributed by atoms with Crippen LogP contribution in [0, 0.1) is 17.6 Å². The van der Waals surface area contributed by atoms with E-state index < -0.39 is 11.6 Å². The summed E-state index contributed by atoms with van der Waals surface area (Å²) in [7, 11) is 0. The molecule has 0 aromatic heterocycles. The average Bonchev–Trinajstić information content (AvgIpc) is 2.66. The Hall–Kier alpha value is -2.15. The second-order valence-corrected chi connectivity index (χ2v) is 7.35. The molecule has 7 heteroatoms. The van der Waals surface area contributed by atoms with Crippen LogP contribution in [0.5, 0.6) is 17.2 Å². The number of halogens is 3. The number of aromatic hydroxyl groups is 1. The van der Waals surface area contributed by atoms with E-state index in [1.54, 1.807) is 12.1 Å². The number of rotatable bonds is 10. The van der Waals surface area contributed by atoms with Crippen molar-refractivity contribution in [1.82, 2.24) is 0 Å². The Kier molecular flexibility index (Phi) is 8.23. The molecule has 0 saturated heterocycles. The largest absolute Gasteiger partial charge is 0.506 e. The lowest BCUT2D eigenvalue weighted by atomic mass is 9.97. The number of ketones is 1. The van der Waals surface area contributed by atoms with Crippen molar-refractivity contribution in [2.24, 2.45) is 5.92 Å². The van der Waals surface area contributed by atoms with Crippen LogP contribution in [0.2, 0.25) is 0 Å². The molecule has 1 atom stereocenters. The van der Waals surface area contributed by atoms with Crippen LogP contribution in [-0.2, 0) is 11.2 Å². The Morgan fingerprint density at radius 2 is 1.75 bits per heavy atom. The molecular weight excluding hydrogens is 434 g/mol. The second-order valence-electron chi connectivity index (χ2n) is 6.56. The Morgan fingerprint density at radius 3 is 2.39 bits per heavy atom. The molecule has 0 spiro atoms. The van der Waals surface area contributed by atoms with Gasteiger partial charge in [0.2, 0.25) is 5.82 Å². The third-order valence-corrected chi connectivity index (χ3v) is 5.12. The van der Waals surface area contributed by atoms with Gasteiger partial charge in [0.15, 0.2) is 11.6 Å². The molecule has 152 valence electrons. The summed E-state index contributed by atoms with van der Waals surface area (Å²) in [5.74, 6) is -1.58. The number of hydrogen-bond donors (Lipinski definition) is 1. The van der Waals surface area contributed by atoms with Gasteiger partial charge in [0, 0.05) is 5.92 Å². The lowest BCUT2D eigenvalue weighted by Crippen LogP contribution is -2.10. The smallest absolute Gasteiger partial charge is 0.200 e. The maximum absolute atomic E-state index is 13.5. The Labute approximate surface area is 171 Å². The summed E-state index contributed by atoms with van der Waals surface area (Å²) in [5, 5.41) is 10.3. The molecule has 4 nitrogen and oxygen atoms in total. The number of phenols is 1. The van der Waals surface area contributed by atoms with E-state index in [4.69, 9.17) is 9.47 Å². The number of ether oxygens (including phenoxy) is 2. The zero-order chi connectivity index (χ0) is 20.7. The summed E-state index contributed by atoms with van der Waals surface area (Å²) in [6.45, 7) is 3.95. The van der Waals surface area contributed by atoms with Crippen LogP contribution in [0.1, 0.15) is 32.3 Å². The molecule has 0 heterocycles. The van der Waals surface area contributed by atoms with E-state index in [1.807, 2.05) is 6.92 Å². The standard InChI is InChI=1S/C21H23BrF2O4/c1-13(14(2)25)12-15-8-9-17(19(22)21(15)26)27-10-3-4-11-28-18-7-5-6-16(23)20(18)24/h5-9,13,26H,3-4,10-12H2,1-2H3. The quantitative estimate of drug-likeness (QED) is 0.483. The van der Waals surface area contributed by atoms with Crippen molar-refractivity contribution in [2.75, 3.05) is 13.2 Å². The molecule has 0 fully saturated rings. The monoisotopic (exact) mass is 456 g/mol. The lowest BCUT2D eigenvalue weighted by Gasteiger charge is -2.14. The highest BCUT2D eigenvalue weighted by atomic mass is 79.9. The van der Waals surface area contributed by atoms with Crippen molar-refractivity contribution in [3.8, 4) is 17.2 Å². The van der Waals surface area contributed by atoms with Crippen molar-refractivity contribution < 1.29 is 28.2 Å². The third kappa shape index (κ3) is 5.92. The van der Waals surface area contributed by atoms with E-state index in [2.05, 4.69) is 15.9 Å². The van der Waals surface area contributed by atoms with E-state index in [9.17, 15) is 18.7 Å². The topological polar surface area (TPSA) is 55.8 Å². The molecule has 1 N–H and O–H groups in total. The summed E-state index contributed by atoms with van der Waals surface area (Å²) >= 11 is 3.32. The number of unbranched alkanes of at least 4 members (excludes halogenated alkanes) is 1. The number of Topliss-reactive ketones (excluding diaryl/α,β-unsaturated/α-hetero) is 1. The third-order valence-electron chi connectivity index (χ3n) is 4.35. The minimum absolute atomic E-state index is 0.0653. The van der Waals surface area contributed by atoms with E-state index in [1.165, 1.54) is 19.1 Å². The molecule has 0 aliphatic heterocycles. The van der Waals surface area contributed by atoms with Crippen molar-refractivity contribution in [3.05, 3.63) is 52.0 Å². The Bertz CT molecular complexity index is 826. The molecule has 2 aromatic rings. The molecule has 0 amide bonds. The lowest BCUT2D eigenvalue weighted by molar-refractivity contribution is -0.120. The highest BCUT2D eigenvalue weighted by molar-refractivity contribution is 9.10. The summed E-state index contributed by atoms with van der Waals surface area (Å²) < 4.78 is 37.9. The second kappa shape index (κ2) is 10.4. The molecule has 0 aliphatic rings. The highest BCUT2D eigenvalue weighted by Crippen LogP contribution is 2.37. The van der Waals surface area contributed by atoms with E-state index in [-0.39, 0.29) is 29.8 Å². The van der Waals surface area contributed by atoms with Gasteiger partial charge < -0.3 is 14.6 Å². The normalized spacial score (nSPS) is 11.9. The van der Waals surface area contributed by atoms with E-state index >= 15 is 0 Å². The molecule has 2 aromatic carbocycles. The highest BCUT2D eigenvalue weighted by Gasteiger charge is 2.16. The van der Waals surface area contributed by atoms with Gasteiger partial charge in [0.1, 0.15) is 21.8 Å². The van der Waals surface area contributed by atoms with Gasteiger partial charge in [-0.2, -0.15) is 4.39 Å². The maximum Gasteiger partial charge on any atom is 0.200 e. The molecular formula is C21H23BrF2O4. The fourth-order valence-corrected chi connectivity index (χ4v) is 3.00. The summed E-state index contributed by atoms with van der Waals surface area (Å²) in [6.07, 6.45) is 1.68. The minimum atomic E-state index is -0.989. The molecule has 2 rings (SSSR count). The Balaban J connectivity index is 1.79. The fraction of sp³-hybridized carbons (Fsp3) is 0.381. The van der Waals surface area contributed by atoms with Gasteiger partial charge in [0.25, 0.3) is 0 Å². The van der Waals surface area contributed by atoms with Crippen molar-refractivity contribution >= 4 is 21.7 Å². The van der Waals surface area contributed by atoms with E-state index in [0.717, 1.165) is 6.07 Å². The van der Waals surface area contributed by atoms with Crippen LogP contribution < -0.4 is 9.47 Å². The molecule has 0 bridgehead atoms. The first-order valence-corrected chi connectivity index (χ1v) is 9.81. The Morgan fingerprint density at radius 1 is 1.11 bits per heavy atom. The van der Waals surface area contributed by atoms with Gasteiger partial charge in [-0.1, -0.05) is 19.1 Å². The molecule has 0 aliphatic carbocycles. The molecule has 28 heavy (non-hydrogen) atoms. The first kappa shape index (κ1) is 22.1. The van der Waals surface area contributed by atoms with Crippen molar-refractivity contribution in [3.63, 3.8) is 0 Å². The van der Waals surface area contributed by atoms with Gasteiger partial charge in [-0.25, -0.2) is 4.39 Å². The van der Waals surface area contributed by atoms with Crippen LogP contribution in [0.4, 0.5) is 8.78 Å². The van der Waals surface area contributed by atoms with Crippen molar-refractivity contribution in [1.29, 1.82) is 0 Å². The first-order valence-electron chi connectivity index (χ1n) is 9.01. The van der Waals surface area contributed by atoms with Gasteiger partial charge in [-0.3, -0.25) is 4.79 Å². The molecule has 1 unspecified atom stereocenters. The van der Waals surface area contributed by atoms with Crippen LogP contribution in [0.3, 0.4) is 0 Å². The number of carbonyl (C=O) groups excluding carboxylic acids is 1. The average molecular weight is 457 g/mol. The number of benzene rings is 2. The summed E-state index contributed by atoms with van der Waals surface area (Å²) in [5.41, 5.74) is 0.674. The van der Waals surface area contributed by atoms with Crippen LogP contribution in [-0.4, -0.2) is 24.1 Å². The molecule has 0 saturated carbocycles. The summed E-state index contributed by atoms with van der Waals surface area (Å²) in [4.78, 5) is 11.4. The van der Waals surface area contributed by atoms with Crippen LogP contribution in [0.25, 0.3) is 0 Å². The van der Waals surface area contributed by atoms with E-state index in [0.29, 0.717) is 41.7 Å². The van der Waals surface area contributed by atoms with Gasteiger partial charge >= 0.3 is 0 Å². The minimum Gasteiger partial charge on any atom is -0.506 e. The van der Waals surface area contributed by atoms with Crippen LogP contribution >= 0.6 is 15.9 Å². The SMILES string of the molecule is CC(=O)C(C)Cc1ccc(OCCCCOc2cccc(F)c2F)c(Br)c1O. The van der Waals surface area contributed by atoms with Gasteiger partial charge in [-0.05, 0) is 65.9 Å². The zero-order valence-corrected chi connectivity index (χ0v) is 17.4. The fourth-order valence-electron chi connectivity index (χ4n) is 2.50. The van der Waals surface area contributed by atoms with Gasteiger partial charge in [-0.15, -0.1) is 0 Å². The van der Waals surface area contributed by atoms with Crippen molar-refractivity contribution in [2.45, 2.75) is 33.1 Å². The number of phenolic OH excluding ortho intramolecular Hbond substituents is 1. The zero-order valence-electron chi connectivity index (χ0n) is 15.8. The first-order chi connectivity index (χ1) is 13.3. The summed E-state index contributed by atoms with van der Waals surface area (Å²) in [6, 6.07) is 7.29. The van der Waals surface area contributed by atoms with Crippen LogP contribution in [0.15, 0.2) is 34.8 Å². The van der Waals surface area contributed by atoms with Gasteiger partial charge in [0.05, 0.1) is 13.2 Å². The number of carbonyl (C=O) groups is 1. The predicted octanol–water partition coefficient (Wildman–Crippen LogP) is 5.44. The number of hydrogen-bond acceptors (Lipinski definition) is 4. The maximum atomic E-state index is 13.5. The molecule has 0 radical (unpaired) electrons.